The molecule has 1 aliphatic heterocycles. The molecule has 0 aliphatic carbocycles. The molecule has 8 heteroatoms. The number of likely N-dealkylation sites (N-methyl/N-ethyl adjacent to an activating group) is 1. The van der Waals surface area contributed by atoms with Crippen molar-refractivity contribution < 1.29 is 13.2 Å². The highest BCUT2D eigenvalue weighted by atomic mass is 35.5. The molecule has 19 heavy (non-hydrogen) atoms. The van der Waals surface area contributed by atoms with Crippen LogP contribution >= 0.6 is 12.4 Å². The zero-order valence-electron chi connectivity index (χ0n) is 12.1. The lowest BCUT2D eigenvalue weighted by molar-refractivity contribution is 0.144. The molecule has 0 saturated carbocycles. The number of nitrogens with two attached hydrogens (primary N) is 1. The number of methoxy groups -OCH3 is 1. The zero-order chi connectivity index (χ0) is 14.0. The minimum Gasteiger partial charge on any atom is -0.383 e. The first kappa shape index (κ1) is 19.1. The highest BCUT2D eigenvalue weighted by molar-refractivity contribution is 7.86. The Morgan fingerprint density at radius 3 is 2.53 bits per heavy atom. The van der Waals surface area contributed by atoms with Gasteiger partial charge in [-0.25, -0.2) is 0 Å². The number of halogens is 1. The van der Waals surface area contributed by atoms with E-state index in [1.165, 1.54) is 8.61 Å². The van der Waals surface area contributed by atoms with Crippen LogP contribution in [0.1, 0.15) is 20.3 Å². The fraction of sp³-hybridized carbons (Fsp3) is 1.00. The highest BCUT2D eigenvalue weighted by Gasteiger charge is 2.39. The number of nitrogens with zero attached hydrogens (tertiary/aromatic N) is 2. The molecule has 1 heterocycles. The van der Waals surface area contributed by atoms with Gasteiger partial charge < -0.3 is 10.5 Å². The molecule has 0 radical (unpaired) electrons. The van der Waals surface area contributed by atoms with Crippen LogP contribution < -0.4 is 5.73 Å². The Labute approximate surface area is 122 Å². The molecule has 0 aromatic carbocycles. The fourth-order valence-electron chi connectivity index (χ4n) is 2.05. The minimum atomic E-state index is -3.40. The van der Waals surface area contributed by atoms with Crippen molar-refractivity contribution in [3.63, 3.8) is 0 Å². The van der Waals surface area contributed by atoms with Gasteiger partial charge in [-0.2, -0.15) is 17.0 Å². The maximum absolute atomic E-state index is 12.3. The SMILES string of the molecule is COCCN(C)S(=O)(=O)N1CCC(N)C(C)(C)C1.Cl. The topological polar surface area (TPSA) is 75.9 Å². The summed E-state index contributed by atoms with van der Waals surface area (Å²) in [4.78, 5) is 0. The predicted molar refractivity (Wildman–Crippen MR) is 78.6 cm³/mol. The lowest BCUT2D eigenvalue weighted by atomic mass is 9.81. The molecule has 0 amide bonds. The summed E-state index contributed by atoms with van der Waals surface area (Å²) in [7, 11) is -0.259. The van der Waals surface area contributed by atoms with Crippen molar-refractivity contribution in [1.29, 1.82) is 0 Å². The molecule has 0 aromatic rings. The van der Waals surface area contributed by atoms with Crippen LogP contribution in [0.2, 0.25) is 0 Å². The van der Waals surface area contributed by atoms with E-state index in [0.717, 1.165) is 0 Å². The molecular formula is C11H26ClN3O3S. The molecule has 116 valence electrons. The maximum atomic E-state index is 12.3. The third kappa shape index (κ3) is 4.54. The number of piperidine rings is 1. The van der Waals surface area contributed by atoms with E-state index >= 15 is 0 Å². The van der Waals surface area contributed by atoms with Crippen molar-refractivity contribution in [2.45, 2.75) is 26.3 Å². The van der Waals surface area contributed by atoms with E-state index in [1.807, 2.05) is 13.8 Å². The van der Waals surface area contributed by atoms with E-state index < -0.39 is 10.2 Å². The Morgan fingerprint density at radius 1 is 1.47 bits per heavy atom. The van der Waals surface area contributed by atoms with E-state index in [1.54, 1.807) is 14.2 Å². The molecule has 0 spiro atoms. The molecule has 1 rings (SSSR count). The average Bonchev–Trinajstić information content (AvgIpc) is 2.29. The predicted octanol–water partition coefficient (Wildman–Crippen LogP) is 0.290. The molecule has 6 nitrogen and oxygen atoms in total. The van der Waals surface area contributed by atoms with Gasteiger partial charge in [-0.1, -0.05) is 13.8 Å². The number of rotatable bonds is 5. The smallest absolute Gasteiger partial charge is 0.281 e. The summed E-state index contributed by atoms with van der Waals surface area (Å²) in [6.07, 6.45) is 0.699. The van der Waals surface area contributed by atoms with Crippen molar-refractivity contribution in [3.8, 4) is 0 Å². The van der Waals surface area contributed by atoms with E-state index in [-0.39, 0.29) is 23.9 Å². The molecule has 0 bridgehead atoms. The van der Waals surface area contributed by atoms with Crippen molar-refractivity contribution in [2.24, 2.45) is 11.1 Å². The van der Waals surface area contributed by atoms with Crippen molar-refractivity contribution in [1.82, 2.24) is 8.61 Å². The van der Waals surface area contributed by atoms with Gasteiger partial charge in [0.1, 0.15) is 0 Å². The normalized spacial score (nSPS) is 24.2. The van der Waals surface area contributed by atoms with Gasteiger partial charge in [-0.15, -0.1) is 12.4 Å². The summed E-state index contributed by atoms with van der Waals surface area (Å²) >= 11 is 0. The van der Waals surface area contributed by atoms with Gasteiger partial charge in [0.05, 0.1) is 6.61 Å². The summed E-state index contributed by atoms with van der Waals surface area (Å²) in [5, 5.41) is 0. The van der Waals surface area contributed by atoms with Crippen LogP contribution in [0, 0.1) is 5.41 Å². The Bertz CT molecular complexity index is 375. The molecular weight excluding hydrogens is 290 g/mol. The number of hydrogen-bond donors (Lipinski definition) is 1. The van der Waals surface area contributed by atoms with Crippen LogP contribution in [-0.4, -0.2) is 63.5 Å². The minimum absolute atomic E-state index is 0. The fourth-order valence-corrected chi connectivity index (χ4v) is 3.59. The van der Waals surface area contributed by atoms with Crippen LogP contribution in [0.25, 0.3) is 0 Å². The first-order chi connectivity index (χ1) is 8.21. The van der Waals surface area contributed by atoms with Crippen LogP contribution in [0.4, 0.5) is 0 Å². The first-order valence-electron chi connectivity index (χ1n) is 6.18. The Balaban J connectivity index is 0.00000324. The Kier molecular flexibility index (Phi) is 7.22. The summed E-state index contributed by atoms with van der Waals surface area (Å²) in [5.74, 6) is 0. The van der Waals surface area contributed by atoms with Crippen molar-refractivity contribution in [2.75, 3.05) is 40.4 Å². The number of ether oxygens (including phenoxy) is 1. The lowest BCUT2D eigenvalue weighted by Gasteiger charge is -2.42. The van der Waals surface area contributed by atoms with E-state index in [2.05, 4.69) is 0 Å². The second-order valence-corrected chi connectivity index (χ2v) is 7.57. The van der Waals surface area contributed by atoms with Gasteiger partial charge in [0.15, 0.2) is 0 Å². The van der Waals surface area contributed by atoms with Crippen LogP contribution in [-0.2, 0) is 14.9 Å². The molecule has 1 fully saturated rings. The van der Waals surface area contributed by atoms with Gasteiger partial charge in [-0.05, 0) is 11.8 Å². The Hall–Kier alpha value is 0.0800. The molecule has 1 atom stereocenters. The van der Waals surface area contributed by atoms with E-state index in [9.17, 15) is 8.42 Å². The largest absolute Gasteiger partial charge is 0.383 e. The summed E-state index contributed by atoms with van der Waals surface area (Å²) in [6, 6.07) is 0.0493. The third-order valence-corrected chi connectivity index (χ3v) is 5.54. The van der Waals surface area contributed by atoms with Crippen molar-refractivity contribution in [3.05, 3.63) is 0 Å². The Morgan fingerprint density at radius 2 is 2.05 bits per heavy atom. The van der Waals surface area contributed by atoms with Gasteiger partial charge in [0.2, 0.25) is 0 Å². The third-order valence-electron chi connectivity index (χ3n) is 3.61. The second-order valence-electron chi connectivity index (χ2n) is 5.54. The van der Waals surface area contributed by atoms with E-state index in [4.69, 9.17) is 10.5 Å². The zero-order valence-corrected chi connectivity index (χ0v) is 13.8. The summed E-state index contributed by atoms with van der Waals surface area (Å²) < 4.78 is 32.4. The monoisotopic (exact) mass is 315 g/mol. The quantitative estimate of drug-likeness (QED) is 0.791. The van der Waals surface area contributed by atoms with E-state index in [0.29, 0.717) is 32.7 Å². The van der Waals surface area contributed by atoms with Gasteiger partial charge >= 0.3 is 0 Å². The lowest BCUT2D eigenvalue weighted by Crippen LogP contribution is -2.56. The average molecular weight is 316 g/mol. The summed E-state index contributed by atoms with van der Waals surface area (Å²) in [5.41, 5.74) is 5.83. The summed E-state index contributed by atoms with van der Waals surface area (Å²) in [6.45, 7) is 5.73. The molecule has 2 N–H and O–H groups in total. The van der Waals surface area contributed by atoms with Crippen LogP contribution in [0.15, 0.2) is 0 Å². The van der Waals surface area contributed by atoms with Gasteiger partial charge in [0.25, 0.3) is 10.2 Å². The molecule has 1 saturated heterocycles. The highest BCUT2D eigenvalue weighted by Crippen LogP contribution is 2.29. The van der Waals surface area contributed by atoms with Crippen LogP contribution in [0.3, 0.4) is 0 Å². The first-order valence-corrected chi connectivity index (χ1v) is 7.57. The van der Waals surface area contributed by atoms with Crippen molar-refractivity contribution >= 4 is 22.6 Å². The molecule has 0 aromatic heterocycles. The number of hydrogen-bond acceptors (Lipinski definition) is 4. The second kappa shape index (κ2) is 7.19. The molecule has 1 unspecified atom stereocenters. The van der Waals surface area contributed by atoms with Crippen LogP contribution in [0.5, 0.6) is 0 Å². The van der Waals surface area contributed by atoms with Gasteiger partial charge in [-0.3, -0.25) is 0 Å². The standard InChI is InChI=1S/C11H25N3O3S.ClH/c1-11(2)9-14(6-5-10(11)12)18(15,16)13(3)7-8-17-4;/h10H,5-9,12H2,1-4H3;1H. The maximum Gasteiger partial charge on any atom is 0.281 e. The van der Waals surface area contributed by atoms with Gasteiger partial charge in [0, 0.05) is 39.8 Å². The molecule has 1 aliphatic rings.